The van der Waals surface area contributed by atoms with E-state index in [1.54, 1.807) is 4.90 Å². The monoisotopic (exact) mass is 309 g/mol. The lowest BCUT2D eigenvalue weighted by molar-refractivity contribution is -0.140. The molecule has 0 aromatic carbocycles. The Morgan fingerprint density at radius 2 is 2.00 bits per heavy atom. The van der Waals surface area contributed by atoms with Crippen molar-refractivity contribution in [3.63, 3.8) is 0 Å². The third-order valence-electron chi connectivity index (χ3n) is 3.03. The Kier molecular flexibility index (Phi) is 9.49. The number of ether oxygens (including phenoxy) is 2. The SMILES string of the molecule is CCC(NC(=O)C(N)COC)C(=O)N1CCOCC1.Cl. The smallest absolute Gasteiger partial charge is 0.245 e. The molecule has 1 heterocycles. The fourth-order valence-corrected chi connectivity index (χ4v) is 1.88. The second-order valence-corrected chi connectivity index (χ2v) is 4.47. The molecular formula is C12H24ClN3O4. The van der Waals surface area contributed by atoms with E-state index < -0.39 is 12.1 Å². The van der Waals surface area contributed by atoms with Crippen molar-refractivity contribution in [2.24, 2.45) is 5.73 Å². The molecule has 0 aliphatic carbocycles. The number of halogens is 1. The summed E-state index contributed by atoms with van der Waals surface area (Å²) >= 11 is 0. The summed E-state index contributed by atoms with van der Waals surface area (Å²) in [4.78, 5) is 25.7. The van der Waals surface area contributed by atoms with Gasteiger partial charge in [-0.15, -0.1) is 12.4 Å². The number of amides is 2. The Balaban J connectivity index is 0.00000361. The van der Waals surface area contributed by atoms with Crippen LogP contribution in [0.3, 0.4) is 0 Å². The molecule has 1 aliphatic rings. The Morgan fingerprint density at radius 1 is 1.40 bits per heavy atom. The second kappa shape index (κ2) is 9.93. The highest BCUT2D eigenvalue weighted by Gasteiger charge is 2.27. The molecule has 0 saturated carbocycles. The zero-order valence-corrected chi connectivity index (χ0v) is 12.8. The first-order chi connectivity index (χ1) is 9.10. The van der Waals surface area contributed by atoms with Crippen molar-refractivity contribution in [2.45, 2.75) is 25.4 Å². The standard InChI is InChI=1S/C12H23N3O4.ClH/c1-3-10(14-11(16)9(13)8-18-2)12(17)15-4-6-19-7-5-15;/h9-10H,3-8,13H2,1-2H3,(H,14,16);1H. The Hall–Kier alpha value is -0.890. The largest absolute Gasteiger partial charge is 0.383 e. The molecule has 8 heteroatoms. The van der Waals surface area contributed by atoms with Gasteiger partial charge in [0.05, 0.1) is 19.8 Å². The maximum atomic E-state index is 12.2. The maximum absolute atomic E-state index is 12.2. The lowest BCUT2D eigenvalue weighted by Gasteiger charge is -2.30. The van der Waals surface area contributed by atoms with Crippen LogP contribution in [-0.4, -0.2) is 68.8 Å². The summed E-state index contributed by atoms with van der Waals surface area (Å²) in [5.41, 5.74) is 5.63. The van der Waals surface area contributed by atoms with Crippen molar-refractivity contribution in [3.05, 3.63) is 0 Å². The van der Waals surface area contributed by atoms with Crippen molar-refractivity contribution in [1.82, 2.24) is 10.2 Å². The summed E-state index contributed by atoms with van der Waals surface area (Å²) in [7, 11) is 1.48. The van der Waals surface area contributed by atoms with Gasteiger partial charge < -0.3 is 25.4 Å². The molecule has 1 saturated heterocycles. The number of nitrogens with one attached hydrogen (secondary N) is 1. The number of morpholine rings is 1. The maximum Gasteiger partial charge on any atom is 0.245 e. The van der Waals surface area contributed by atoms with E-state index in [1.165, 1.54) is 7.11 Å². The van der Waals surface area contributed by atoms with E-state index in [2.05, 4.69) is 5.32 Å². The average Bonchev–Trinajstić information content (AvgIpc) is 2.45. The van der Waals surface area contributed by atoms with Gasteiger partial charge in [0.1, 0.15) is 12.1 Å². The van der Waals surface area contributed by atoms with Gasteiger partial charge in [0.25, 0.3) is 0 Å². The molecule has 2 unspecified atom stereocenters. The molecule has 0 aromatic rings. The van der Waals surface area contributed by atoms with Gasteiger partial charge in [-0.05, 0) is 6.42 Å². The number of nitrogens with zero attached hydrogens (tertiary/aromatic N) is 1. The molecule has 0 radical (unpaired) electrons. The van der Waals surface area contributed by atoms with Gasteiger partial charge in [-0.25, -0.2) is 0 Å². The van der Waals surface area contributed by atoms with Crippen LogP contribution in [0.5, 0.6) is 0 Å². The third-order valence-corrected chi connectivity index (χ3v) is 3.03. The second-order valence-electron chi connectivity index (χ2n) is 4.47. The Bertz CT molecular complexity index is 311. The van der Waals surface area contributed by atoms with Crippen molar-refractivity contribution < 1.29 is 19.1 Å². The molecule has 7 nitrogen and oxygen atoms in total. The topological polar surface area (TPSA) is 93.9 Å². The first-order valence-electron chi connectivity index (χ1n) is 6.51. The van der Waals surface area contributed by atoms with Crippen LogP contribution < -0.4 is 11.1 Å². The predicted octanol–water partition coefficient (Wildman–Crippen LogP) is -0.864. The molecule has 1 aliphatic heterocycles. The van der Waals surface area contributed by atoms with Crippen LogP contribution in [0.15, 0.2) is 0 Å². The average molecular weight is 310 g/mol. The van der Waals surface area contributed by atoms with Gasteiger partial charge >= 0.3 is 0 Å². The summed E-state index contributed by atoms with van der Waals surface area (Å²) in [5, 5.41) is 2.67. The van der Waals surface area contributed by atoms with E-state index in [0.717, 1.165) is 0 Å². The highest BCUT2D eigenvalue weighted by Crippen LogP contribution is 2.03. The highest BCUT2D eigenvalue weighted by atomic mass is 35.5. The van der Waals surface area contributed by atoms with Crippen molar-refractivity contribution >= 4 is 24.2 Å². The van der Waals surface area contributed by atoms with Crippen molar-refractivity contribution in [1.29, 1.82) is 0 Å². The lowest BCUT2D eigenvalue weighted by atomic mass is 10.1. The molecular weight excluding hydrogens is 286 g/mol. The van der Waals surface area contributed by atoms with Crippen molar-refractivity contribution in [2.75, 3.05) is 40.0 Å². The summed E-state index contributed by atoms with van der Waals surface area (Å²) < 4.78 is 10.0. The van der Waals surface area contributed by atoms with Crippen LogP contribution in [0.2, 0.25) is 0 Å². The van der Waals surface area contributed by atoms with E-state index in [1.807, 2.05) is 6.92 Å². The molecule has 0 bridgehead atoms. The predicted molar refractivity (Wildman–Crippen MR) is 76.7 cm³/mol. The van der Waals surface area contributed by atoms with Crippen LogP contribution >= 0.6 is 12.4 Å². The number of rotatable bonds is 6. The van der Waals surface area contributed by atoms with E-state index >= 15 is 0 Å². The normalized spacial score (nSPS) is 17.9. The fourth-order valence-electron chi connectivity index (χ4n) is 1.88. The number of nitrogens with two attached hydrogens (primary N) is 1. The lowest BCUT2D eigenvalue weighted by Crippen LogP contribution is -2.55. The summed E-state index contributed by atoms with van der Waals surface area (Å²) in [6, 6.07) is -1.29. The van der Waals surface area contributed by atoms with Crippen LogP contribution in [0.1, 0.15) is 13.3 Å². The molecule has 118 valence electrons. The molecule has 1 rings (SSSR count). The zero-order valence-electron chi connectivity index (χ0n) is 12.0. The number of hydrogen-bond acceptors (Lipinski definition) is 5. The first kappa shape index (κ1) is 19.1. The number of methoxy groups -OCH3 is 1. The van der Waals surface area contributed by atoms with Gasteiger partial charge in [-0.2, -0.15) is 0 Å². The van der Waals surface area contributed by atoms with Crippen LogP contribution in [0.4, 0.5) is 0 Å². The van der Waals surface area contributed by atoms with Gasteiger partial charge in [-0.3, -0.25) is 9.59 Å². The number of carbonyl (C=O) groups is 2. The summed E-state index contributed by atoms with van der Waals surface area (Å²) in [6.45, 7) is 4.20. The molecule has 0 aromatic heterocycles. The van der Waals surface area contributed by atoms with E-state index in [4.69, 9.17) is 15.2 Å². The van der Waals surface area contributed by atoms with Crippen LogP contribution in [0.25, 0.3) is 0 Å². The van der Waals surface area contributed by atoms with Gasteiger partial charge in [0, 0.05) is 20.2 Å². The molecule has 1 fully saturated rings. The molecule has 2 amide bonds. The Labute approximate surface area is 125 Å². The van der Waals surface area contributed by atoms with Gasteiger partial charge in [0.15, 0.2) is 0 Å². The summed E-state index contributed by atoms with van der Waals surface area (Å²) in [5.74, 6) is -0.445. The third kappa shape index (κ3) is 5.62. The van der Waals surface area contributed by atoms with E-state index in [9.17, 15) is 9.59 Å². The zero-order chi connectivity index (χ0) is 14.3. The van der Waals surface area contributed by atoms with Gasteiger partial charge in [0.2, 0.25) is 11.8 Å². The quantitative estimate of drug-likeness (QED) is 0.665. The fraction of sp³-hybridized carbons (Fsp3) is 0.833. The molecule has 3 N–H and O–H groups in total. The van der Waals surface area contributed by atoms with E-state index in [0.29, 0.717) is 32.7 Å². The highest BCUT2D eigenvalue weighted by molar-refractivity contribution is 5.89. The minimum absolute atomic E-state index is 0. The van der Waals surface area contributed by atoms with Crippen LogP contribution in [0, 0.1) is 0 Å². The van der Waals surface area contributed by atoms with E-state index in [-0.39, 0.29) is 30.8 Å². The first-order valence-corrected chi connectivity index (χ1v) is 6.51. The molecule has 20 heavy (non-hydrogen) atoms. The number of carbonyl (C=O) groups excluding carboxylic acids is 2. The minimum Gasteiger partial charge on any atom is -0.383 e. The Morgan fingerprint density at radius 3 is 2.50 bits per heavy atom. The minimum atomic E-state index is -0.753. The van der Waals surface area contributed by atoms with Gasteiger partial charge in [-0.1, -0.05) is 6.92 Å². The molecule has 2 atom stereocenters. The summed E-state index contributed by atoms with van der Waals surface area (Å²) in [6.07, 6.45) is 0.529. The number of hydrogen-bond donors (Lipinski definition) is 2. The van der Waals surface area contributed by atoms with Crippen LogP contribution in [-0.2, 0) is 19.1 Å². The van der Waals surface area contributed by atoms with Crippen molar-refractivity contribution in [3.8, 4) is 0 Å². The molecule has 0 spiro atoms.